The number of nitrogens with zero attached hydrogens (tertiary/aromatic N) is 2. The maximum atomic E-state index is 12.6. The first-order chi connectivity index (χ1) is 15.5. The summed E-state index contributed by atoms with van der Waals surface area (Å²) in [5.41, 5.74) is 2.09. The Morgan fingerprint density at radius 1 is 0.750 bits per heavy atom. The van der Waals surface area contributed by atoms with E-state index in [9.17, 15) is 4.79 Å². The number of hydrogen-bond donors (Lipinski definition) is 2. The van der Waals surface area contributed by atoms with Crippen LogP contribution in [0.25, 0.3) is 33.7 Å². The molecular formula is C22H20N4O5S. The molecule has 9 nitrogen and oxygen atoms in total. The van der Waals surface area contributed by atoms with Crippen LogP contribution in [-0.2, 0) is 0 Å². The first kappa shape index (κ1) is 21.3. The van der Waals surface area contributed by atoms with E-state index in [-0.39, 0.29) is 15.9 Å². The Labute approximate surface area is 188 Å². The fraction of sp³-hybridized carbons (Fsp3) is 0.182. The fourth-order valence-corrected chi connectivity index (χ4v) is 3.54. The van der Waals surface area contributed by atoms with Crippen molar-refractivity contribution in [2.45, 2.75) is 0 Å². The van der Waals surface area contributed by atoms with Gasteiger partial charge in [-0.05, 0) is 36.5 Å². The lowest BCUT2D eigenvalue weighted by atomic mass is 10.0. The van der Waals surface area contributed by atoms with Crippen molar-refractivity contribution in [3.8, 4) is 45.5 Å². The molecule has 4 aromatic rings. The van der Waals surface area contributed by atoms with E-state index in [1.807, 2.05) is 6.07 Å². The van der Waals surface area contributed by atoms with Crippen molar-refractivity contribution in [2.24, 2.45) is 0 Å². The Bertz CT molecular complexity index is 1430. The number of nitrogens with one attached hydrogen (secondary N) is 2. The van der Waals surface area contributed by atoms with Crippen LogP contribution in [0.5, 0.6) is 23.0 Å². The zero-order valence-corrected chi connectivity index (χ0v) is 18.6. The maximum absolute atomic E-state index is 12.6. The van der Waals surface area contributed by atoms with Crippen LogP contribution in [0.3, 0.4) is 0 Å². The molecule has 2 aromatic heterocycles. The predicted octanol–water partition coefficient (Wildman–Crippen LogP) is 3.74. The smallest absolute Gasteiger partial charge is 0.279 e. The monoisotopic (exact) mass is 452 g/mol. The summed E-state index contributed by atoms with van der Waals surface area (Å²) in [7, 11) is 6.24. The lowest BCUT2D eigenvalue weighted by molar-refractivity contribution is 0.394. The zero-order chi connectivity index (χ0) is 22.8. The Hall–Kier alpha value is -3.92. The summed E-state index contributed by atoms with van der Waals surface area (Å²) in [6.07, 6.45) is 0. The van der Waals surface area contributed by atoms with E-state index in [1.54, 1.807) is 58.8 Å². The zero-order valence-electron chi connectivity index (χ0n) is 17.8. The largest absolute Gasteiger partial charge is 0.497 e. The molecule has 2 heterocycles. The van der Waals surface area contributed by atoms with Gasteiger partial charge in [0, 0.05) is 23.3 Å². The summed E-state index contributed by atoms with van der Waals surface area (Å²) >= 11 is 5.11. The van der Waals surface area contributed by atoms with Crippen LogP contribution in [-0.4, -0.2) is 48.4 Å². The molecule has 4 rings (SSSR count). The van der Waals surface area contributed by atoms with Crippen molar-refractivity contribution in [3.05, 3.63) is 51.5 Å². The Kier molecular flexibility index (Phi) is 5.78. The SMILES string of the molecule is COc1ccc(-c2nc3[nH]c(=S)[nH]c(=O)c3nc2-c2ccc(OC)cc2OC)c(OC)c1. The third-order valence-corrected chi connectivity index (χ3v) is 5.10. The second-order valence-electron chi connectivity index (χ2n) is 6.66. The summed E-state index contributed by atoms with van der Waals surface area (Å²) in [5.74, 6) is 2.27. The highest BCUT2D eigenvalue weighted by atomic mass is 32.1. The summed E-state index contributed by atoms with van der Waals surface area (Å²) in [6, 6.07) is 10.7. The minimum atomic E-state index is -0.446. The van der Waals surface area contributed by atoms with Crippen molar-refractivity contribution in [2.75, 3.05) is 28.4 Å². The lowest BCUT2D eigenvalue weighted by Crippen LogP contribution is -2.12. The summed E-state index contributed by atoms with van der Waals surface area (Å²) in [5, 5.41) is 0. The number of hydrogen-bond acceptors (Lipinski definition) is 8. The Balaban J connectivity index is 2.11. The number of rotatable bonds is 6. The first-order valence-corrected chi connectivity index (χ1v) is 9.89. The van der Waals surface area contributed by atoms with Gasteiger partial charge in [-0.3, -0.25) is 9.78 Å². The first-order valence-electron chi connectivity index (χ1n) is 9.48. The van der Waals surface area contributed by atoms with E-state index < -0.39 is 5.56 Å². The predicted molar refractivity (Wildman–Crippen MR) is 122 cm³/mol. The van der Waals surface area contributed by atoms with Gasteiger partial charge in [0.15, 0.2) is 15.9 Å². The van der Waals surface area contributed by atoms with E-state index in [2.05, 4.69) is 15.0 Å². The van der Waals surface area contributed by atoms with E-state index >= 15 is 0 Å². The number of methoxy groups -OCH3 is 4. The average Bonchev–Trinajstić information content (AvgIpc) is 2.82. The van der Waals surface area contributed by atoms with Gasteiger partial charge in [0.2, 0.25) is 0 Å². The normalized spacial score (nSPS) is 10.8. The minimum absolute atomic E-state index is 0.114. The Morgan fingerprint density at radius 3 is 1.78 bits per heavy atom. The van der Waals surface area contributed by atoms with Crippen LogP contribution in [0.4, 0.5) is 0 Å². The Morgan fingerprint density at radius 2 is 1.28 bits per heavy atom. The molecule has 0 bridgehead atoms. The van der Waals surface area contributed by atoms with Crippen molar-refractivity contribution in [3.63, 3.8) is 0 Å². The van der Waals surface area contributed by atoms with Gasteiger partial charge < -0.3 is 23.9 Å². The van der Waals surface area contributed by atoms with Crippen LogP contribution in [0.1, 0.15) is 0 Å². The summed E-state index contributed by atoms with van der Waals surface area (Å²) in [6.45, 7) is 0. The molecule has 0 unspecified atom stereocenters. The molecule has 2 aromatic carbocycles. The van der Waals surface area contributed by atoms with Crippen molar-refractivity contribution < 1.29 is 18.9 Å². The van der Waals surface area contributed by atoms with Gasteiger partial charge in [0.1, 0.15) is 34.4 Å². The molecule has 10 heteroatoms. The lowest BCUT2D eigenvalue weighted by Gasteiger charge is -2.16. The number of ether oxygens (including phenoxy) is 4. The van der Waals surface area contributed by atoms with Crippen LogP contribution in [0, 0.1) is 4.77 Å². The molecule has 0 aliphatic carbocycles. The van der Waals surface area contributed by atoms with Crippen LogP contribution in [0.15, 0.2) is 41.2 Å². The number of benzene rings is 2. The van der Waals surface area contributed by atoms with Gasteiger partial charge >= 0.3 is 0 Å². The van der Waals surface area contributed by atoms with E-state index in [0.29, 0.717) is 45.5 Å². The topological polar surface area (TPSA) is 111 Å². The molecule has 164 valence electrons. The molecule has 32 heavy (non-hydrogen) atoms. The van der Waals surface area contributed by atoms with Crippen LogP contribution < -0.4 is 24.5 Å². The fourth-order valence-electron chi connectivity index (χ4n) is 3.35. The third-order valence-electron chi connectivity index (χ3n) is 4.90. The van der Waals surface area contributed by atoms with Gasteiger partial charge in [-0.2, -0.15) is 0 Å². The number of fused-ring (bicyclic) bond motifs is 1. The molecule has 0 saturated carbocycles. The molecule has 0 spiro atoms. The number of aromatic amines is 2. The van der Waals surface area contributed by atoms with Crippen LogP contribution >= 0.6 is 12.2 Å². The second-order valence-corrected chi connectivity index (χ2v) is 7.07. The van der Waals surface area contributed by atoms with Gasteiger partial charge in [0.05, 0.1) is 28.4 Å². The molecule has 0 radical (unpaired) electrons. The van der Waals surface area contributed by atoms with E-state index in [1.165, 1.54) is 0 Å². The average molecular weight is 452 g/mol. The molecular weight excluding hydrogens is 432 g/mol. The standard InChI is InChI=1S/C22H20N4O5S/c1-28-11-5-7-13(15(9-11)30-3)17-18(14-8-6-12(29-2)10-16(14)31-4)24-20-19(23-17)21(27)26-22(32)25-20/h5-10H,1-4H3,(H2,24,25,26,27,32). The van der Waals surface area contributed by atoms with Crippen molar-refractivity contribution in [1.29, 1.82) is 0 Å². The van der Waals surface area contributed by atoms with Crippen molar-refractivity contribution in [1.82, 2.24) is 19.9 Å². The maximum Gasteiger partial charge on any atom is 0.279 e. The molecule has 0 aliphatic rings. The molecule has 0 amide bonds. The van der Waals surface area contributed by atoms with Crippen molar-refractivity contribution >= 4 is 23.4 Å². The highest BCUT2D eigenvalue weighted by molar-refractivity contribution is 7.71. The molecule has 0 aliphatic heterocycles. The molecule has 0 atom stereocenters. The van der Waals surface area contributed by atoms with Gasteiger partial charge in [0.25, 0.3) is 5.56 Å². The molecule has 0 fully saturated rings. The highest BCUT2D eigenvalue weighted by Crippen LogP contribution is 2.41. The van der Waals surface area contributed by atoms with Gasteiger partial charge in [-0.1, -0.05) is 0 Å². The molecule has 2 N–H and O–H groups in total. The minimum Gasteiger partial charge on any atom is -0.497 e. The number of H-pyrrole nitrogens is 2. The van der Waals surface area contributed by atoms with E-state index in [0.717, 1.165) is 0 Å². The third kappa shape index (κ3) is 3.76. The second kappa shape index (κ2) is 8.67. The quantitative estimate of drug-likeness (QED) is 0.426. The van der Waals surface area contributed by atoms with Gasteiger partial charge in [-0.15, -0.1) is 0 Å². The molecule has 0 saturated heterocycles. The summed E-state index contributed by atoms with van der Waals surface area (Å²) in [4.78, 5) is 27.4. The summed E-state index contributed by atoms with van der Waals surface area (Å²) < 4.78 is 21.9. The van der Waals surface area contributed by atoms with Gasteiger partial charge in [-0.25, -0.2) is 9.97 Å². The van der Waals surface area contributed by atoms with E-state index in [4.69, 9.17) is 36.1 Å². The number of aromatic nitrogens is 4. The highest BCUT2D eigenvalue weighted by Gasteiger charge is 2.21. The van der Waals surface area contributed by atoms with Crippen LogP contribution in [0.2, 0.25) is 0 Å².